The Morgan fingerprint density at radius 1 is 1.17 bits per heavy atom. The van der Waals surface area contributed by atoms with Crippen molar-refractivity contribution in [3.05, 3.63) is 29.8 Å². The van der Waals surface area contributed by atoms with Crippen molar-refractivity contribution >= 4 is 29.5 Å². The van der Waals surface area contributed by atoms with E-state index in [0.29, 0.717) is 30.4 Å². The van der Waals surface area contributed by atoms with E-state index in [2.05, 4.69) is 0 Å². The first-order valence-electron chi connectivity index (χ1n) is 10.7. The topological polar surface area (TPSA) is 66.9 Å². The molecule has 0 radical (unpaired) electrons. The van der Waals surface area contributed by atoms with E-state index in [1.165, 1.54) is 38.1 Å². The predicted octanol–water partition coefficient (Wildman–Crippen LogP) is 3.84. The minimum Gasteiger partial charge on any atom is -0.469 e. The number of hydrogen-bond acceptors (Lipinski definition) is 5. The Morgan fingerprint density at radius 2 is 1.83 bits per heavy atom. The van der Waals surface area contributed by atoms with Gasteiger partial charge in [-0.2, -0.15) is 0 Å². The van der Waals surface area contributed by atoms with Crippen molar-refractivity contribution in [3.63, 3.8) is 0 Å². The van der Waals surface area contributed by atoms with Crippen LogP contribution in [0.4, 0.5) is 0 Å². The van der Waals surface area contributed by atoms with Gasteiger partial charge < -0.3 is 14.5 Å². The van der Waals surface area contributed by atoms with Crippen LogP contribution < -0.4 is 0 Å². The van der Waals surface area contributed by atoms with Gasteiger partial charge in [-0.3, -0.25) is 14.4 Å². The third-order valence-corrected chi connectivity index (χ3v) is 6.81. The molecule has 1 aliphatic carbocycles. The van der Waals surface area contributed by atoms with E-state index in [4.69, 9.17) is 4.74 Å². The van der Waals surface area contributed by atoms with Gasteiger partial charge in [0.1, 0.15) is 0 Å². The molecule has 1 unspecified atom stereocenters. The molecule has 2 amide bonds. The molecule has 0 aromatic heterocycles. The summed E-state index contributed by atoms with van der Waals surface area (Å²) < 4.78 is 4.78. The van der Waals surface area contributed by atoms with Crippen molar-refractivity contribution < 1.29 is 19.1 Å². The van der Waals surface area contributed by atoms with Gasteiger partial charge in [-0.1, -0.05) is 38.3 Å². The van der Waals surface area contributed by atoms with Crippen LogP contribution in [0.5, 0.6) is 0 Å². The summed E-state index contributed by atoms with van der Waals surface area (Å²) in [5, 5.41) is 0. The maximum Gasteiger partial charge on any atom is 0.310 e. The van der Waals surface area contributed by atoms with Gasteiger partial charge in [-0.25, -0.2) is 0 Å². The summed E-state index contributed by atoms with van der Waals surface area (Å²) in [6.07, 6.45) is 5.77. The highest BCUT2D eigenvalue weighted by atomic mass is 32.2. The molecule has 1 aromatic carbocycles. The summed E-state index contributed by atoms with van der Waals surface area (Å²) in [6.45, 7) is 4.43. The van der Waals surface area contributed by atoms with Crippen LogP contribution in [0.15, 0.2) is 29.2 Å². The van der Waals surface area contributed by atoms with Gasteiger partial charge in [0, 0.05) is 31.1 Å². The maximum atomic E-state index is 13.1. The summed E-state index contributed by atoms with van der Waals surface area (Å²) in [4.78, 5) is 41.9. The molecule has 1 saturated carbocycles. The Labute approximate surface area is 184 Å². The van der Waals surface area contributed by atoms with Gasteiger partial charge in [0.05, 0.1) is 24.3 Å². The highest BCUT2D eigenvalue weighted by Gasteiger charge is 2.25. The Balaban J connectivity index is 2.04. The summed E-state index contributed by atoms with van der Waals surface area (Å²) in [7, 11) is 3.24. The summed E-state index contributed by atoms with van der Waals surface area (Å²) in [6, 6.07) is 7.70. The van der Waals surface area contributed by atoms with E-state index in [0.717, 1.165) is 17.7 Å². The van der Waals surface area contributed by atoms with Gasteiger partial charge in [0.25, 0.3) is 5.91 Å². The Morgan fingerprint density at radius 3 is 2.47 bits per heavy atom. The minimum absolute atomic E-state index is 0.0980. The zero-order chi connectivity index (χ0) is 22.1. The second-order valence-electron chi connectivity index (χ2n) is 7.85. The van der Waals surface area contributed by atoms with Crippen molar-refractivity contribution in [1.82, 2.24) is 9.80 Å². The van der Waals surface area contributed by atoms with Crippen molar-refractivity contribution in [2.24, 2.45) is 5.92 Å². The van der Waals surface area contributed by atoms with Crippen molar-refractivity contribution in [1.29, 1.82) is 0 Å². The fraction of sp³-hybridized carbons (Fsp3) is 0.609. The summed E-state index contributed by atoms with van der Waals surface area (Å²) in [5.41, 5.74) is 0.564. The fourth-order valence-corrected chi connectivity index (χ4v) is 4.78. The SMILES string of the molecule is CCN(CC(C)C(=O)OC)C(=O)c1ccccc1SCC(=O)N(C)C1CCCCC1. The Hall–Kier alpha value is -2.02. The molecule has 1 aliphatic rings. The van der Waals surface area contributed by atoms with Crippen LogP contribution in [0, 0.1) is 5.92 Å². The lowest BCUT2D eigenvalue weighted by atomic mass is 9.94. The lowest BCUT2D eigenvalue weighted by Crippen LogP contribution is -2.39. The zero-order valence-electron chi connectivity index (χ0n) is 18.6. The first-order chi connectivity index (χ1) is 14.4. The van der Waals surface area contributed by atoms with E-state index in [1.807, 2.05) is 37.1 Å². The highest BCUT2D eigenvalue weighted by Crippen LogP contribution is 2.26. The molecule has 0 spiro atoms. The molecule has 1 aromatic rings. The molecule has 0 saturated heterocycles. The molecule has 0 aliphatic heterocycles. The van der Waals surface area contributed by atoms with Crippen molar-refractivity contribution in [3.8, 4) is 0 Å². The molecule has 1 fully saturated rings. The van der Waals surface area contributed by atoms with E-state index in [1.54, 1.807) is 17.9 Å². The number of hydrogen-bond donors (Lipinski definition) is 0. The quantitative estimate of drug-likeness (QED) is 0.436. The molecule has 6 nitrogen and oxygen atoms in total. The first-order valence-corrected chi connectivity index (χ1v) is 11.7. The van der Waals surface area contributed by atoms with Crippen LogP contribution in [0.1, 0.15) is 56.3 Å². The average molecular weight is 435 g/mol. The number of esters is 1. The number of benzene rings is 1. The molecule has 30 heavy (non-hydrogen) atoms. The molecule has 7 heteroatoms. The Bertz CT molecular complexity index is 734. The number of amides is 2. The lowest BCUT2D eigenvalue weighted by Gasteiger charge is -2.31. The van der Waals surface area contributed by atoms with Crippen LogP contribution in [0.3, 0.4) is 0 Å². The van der Waals surface area contributed by atoms with Crippen molar-refractivity contribution in [2.45, 2.75) is 56.9 Å². The third-order valence-electron chi connectivity index (χ3n) is 5.75. The molecule has 166 valence electrons. The summed E-state index contributed by atoms with van der Waals surface area (Å²) in [5.74, 6) is -0.461. The molecular weight excluding hydrogens is 400 g/mol. The minimum atomic E-state index is -0.399. The van der Waals surface area contributed by atoms with Gasteiger partial charge in [0.2, 0.25) is 5.91 Å². The van der Waals surface area contributed by atoms with Crippen LogP contribution in [-0.4, -0.2) is 66.6 Å². The largest absolute Gasteiger partial charge is 0.469 e. The van der Waals surface area contributed by atoms with E-state index in [-0.39, 0.29) is 17.8 Å². The molecular formula is C23H34N2O4S. The normalized spacial score (nSPS) is 15.3. The zero-order valence-corrected chi connectivity index (χ0v) is 19.4. The van der Waals surface area contributed by atoms with Gasteiger partial charge in [0.15, 0.2) is 0 Å². The van der Waals surface area contributed by atoms with E-state index >= 15 is 0 Å². The van der Waals surface area contributed by atoms with E-state index in [9.17, 15) is 14.4 Å². The van der Waals surface area contributed by atoms with E-state index < -0.39 is 5.92 Å². The van der Waals surface area contributed by atoms with Crippen LogP contribution in [0.2, 0.25) is 0 Å². The highest BCUT2D eigenvalue weighted by molar-refractivity contribution is 8.00. The second-order valence-corrected chi connectivity index (χ2v) is 8.87. The monoisotopic (exact) mass is 434 g/mol. The average Bonchev–Trinajstić information content (AvgIpc) is 2.79. The number of rotatable bonds is 9. The fourth-order valence-electron chi connectivity index (χ4n) is 3.81. The van der Waals surface area contributed by atoms with Crippen molar-refractivity contribution in [2.75, 3.05) is 33.0 Å². The number of nitrogens with zero attached hydrogens (tertiary/aromatic N) is 2. The number of carbonyl (C=O) groups excluding carboxylic acids is 3. The molecule has 0 bridgehead atoms. The molecule has 0 heterocycles. The smallest absolute Gasteiger partial charge is 0.310 e. The standard InChI is InChI=1S/C23H34N2O4S/c1-5-25(15-17(2)23(28)29-4)22(27)19-13-9-10-14-20(19)30-16-21(26)24(3)18-11-7-6-8-12-18/h9-10,13-14,17-18H,5-8,11-12,15-16H2,1-4H3. The van der Waals surface area contributed by atoms with Gasteiger partial charge >= 0.3 is 5.97 Å². The predicted molar refractivity (Wildman–Crippen MR) is 120 cm³/mol. The number of methoxy groups -OCH3 is 1. The molecule has 1 atom stereocenters. The number of thioether (sulfide) groups is 1. The first kappa shape index (κ1) is 24.3. The number of ether oxygens (including phenoxy) is 1. The molecule has 2 rings (SSSR count). The lowest BCUT2D eigenvalue weighted by molar-refractivity contribution is -0.145. The maximum absolute atomic E-state index is 13.1. The summed E-state index contributed by atoms with van der Waals surface area (Å²) >= 11 is 1.40. The number of carbonyl (C=O) groups is 3. The molecule has 0 N–H and O–H groups in total. The van der Waals surface area contributed by atoms with Gasteiger partial charge in [-0.05, 0) is 31.9 Å². The van der Waals surface area contributed by atoms with Gasteiger partial charge in [-0.15, -0.1) is 11.8 Å². The van der Waals surface area contributed by atoms with Crippen LogP contribution in [0.25, 0.3) is 0 Å². The Kier molecular flexibility index (Phi) is 9.69. The van der Waals surface area contributed by atoms with Crippen LogP contribution >= 0.6 is 11.8 Å². The van der Waals surface area contributed by atoms with Crippen LogP contribution in [-0.2, 0) is 14.3 Å². The third kappa shape index (κ3) is 6.49. The second kappa shape index (κ2) is 12.0.